The number of nitrogen functional groups attached to an aromatic ring is 1. The first-order chi connectivity index (χ1) is 9.82. The SMILES string of the molecule is Cc1ccc(S(=O)(=O)N(CC(N)=O)C2CCCC2)cc1N. The lowest BCUT2D eigenvalue weighted by molar-refractivity contribution is -0.118. The minimum atomic E-state index is -3.77. The molecule has 0 atom stereocenters. The Kier molecular flexibility index (Phi) is 4.53. The van der Waals surface area contributed by atoms with Gasteiger partial charge >= 0.3 is 0 Å². The molecule has 116 valence electrons. The highest BCUT2D eigenvalue weighted by atomic mass is 32.2. The fraction of sp³-hybridized carbons (Fsp3) is 0.500. The minimum absolute atomic E-state index is 0.110. The molecule has 0 heterocycles. The van der Waals surface area contributed by atoms with Gasteiger partial charge in [-0.25, -0.2) is 8.42 Å². The van der Waals surface area contributed by atoms with Crippen molar-refractivity contribution in [1.29, 1.82) is 0 Å². The van der Waals surface area contributed by atoms with Crippen molar-refractivity contribution in [2.45, 2.75) is 43.5 Å². The van der Waals surface area contributed by atoms with Crippen molar-refractivity contribution in [2.24, 2.45) is 5.73 Å². The number of rotatable bonds is 5. The summed E-state index contributed by atoms with van der Waals surface area (Å²) in [5.41, 5.74) is 12.3. The number of primary amides is 1. The van der Waals surface area contributed by atoms with Crippen LogP contribution in [0.4, 0.5) is 5.69 Å². The van der Waals surface area contributed by atoms with E-state index < -0.39 is 15.9 Å². The topological polar surface area (TPSA) is 106 Å². The Balaban J connectivity index is 2.40. The molecule has 0 radical (unpaired) electrons. The summed E-state index contributed by atoms with van der Waals surface area (Å²) in [6.07, 6.45) is 3.44. The normalized spacial score (nSPS) is 16.5. The number of amides is 1. The van der Waals surface area contributed by atoms with E-state index in [9.17, 15) is 13.2 Å². The maximum atomic E-state index is 12.8. The molecule has 1 aromatic carbocycles. The van der Waals surface area contributed by atoms with Crippen LogP contribution in [0.1, 0.15) is 31.2 Å². The van der Waals surface area contributed by atoms with Gasteiger partial charge in [-0.1, -0.05) is 18.9 Å². The van der Waals surface area contributed by atoms with Crippen LogP contribution >= 0.6 is 0 Å². The molecule has 0 saturated heterocycles. The zero-order valence-corrected chi connectivity index (χ0v) is 12.9. The van der Waals surface area contributed by atoms with E-state index in [2.05, 4.69) is 0 Å². The maximum absolute atomic E-state index is 12.8. The molecular formula is C14H21N3O3S. The van der Waals surface area contributed by atoms with Crippen LogP contribution in [0.5, 0.6) is 0 Å². The van der Waals surface area contributed by atoms with E-state index in [0.29, 0.717) is 5.69 Å². The van der Waals surface area contributed by atoms with Gasteiger partial charge in [0.15, 0.2) is 0 Å². The van der Waals surface area contributed by atoms with Gasteiger partial charge in [0.1, 0.15) is 0 Å². The van der Waals surface area contributed by atoms with Gasteiger partial charge in [0.2, 0.25) is 15.9 Å². The molecule has 1 aliphatic rings. The first-order valence-electron chi connectivity index (χ1n) is 6.98. The smallest absolute Gasteiger partial charge is 0.243 e. The molecule has 1 aromatic rings. The molecule has 2 rings (SSSR count). The van der Waals surface area contributed by atoms with Gasteiger partial charge in [-0.2, -0.15) is 4.31 Å². The Hall–Kier alpha value is -1.60. The van der Waals surface area contributed by atoms with Gasteiger partial charge in [0, 0.05) is 11.7 Å². The number of carbonyl (C=O) groups excluding carboxylic acids is 1. The molecule has 4 N–H and O–H groups in total. The molecule has 0 spiro atoms. The summed E-state index contributed by atoms with van der Waals surface area (Å²) in [6, 6.07) is 4.46. The van der Waals surface area contributed by atoms with E-state index in [1.807, 2.05) is 6.92 Å². The molecule has 0 unspecified atom stereocenters. The summed E-state index contributed by atoms with van der Waals surface area (Å²) in [5.74, 6) is -0.648. The quantitative estimate of drug-likeness (QED) is 0.791. The van der Waals surface area contributed by atoms with Crippen molar-refractivity contribution in [2.75, 3.05) is 12.3 Å². The molecule has 1 saturated carbocycles. The zero-order chi connectivity index (χ0) is 15.6. The maximum Gasteiger partial charge on any atom is 0.243 e. The van der Waals surface area contributed by atoms with Crippen LogP contribution in [-0.4, -0.2) is 31.2 Å². The van der Waals surface area contributed by atoms with Crippen LogP contribution in [0.2, 0.25) is 0 Å². The van der Waals surface area contributed by atoms with Crippen LogP contribution in [0.25, 0.3) is 0 Å². The average molecular weight is 311 g/mol. The van der Waals surface area contributed by atoms with Crippen LogP contribution in [0, 0.1) is 6.92 Å². The van der Waals surface area contributed by atoms with Crippen molar-refractivity contribution in [3.8, 4) is 0 Å². The van der Waals surface area contributed by atoms with E-state index >= 15 is 0 Å². The molecule has 0 aromatic heterocycles. The Morgan fingerprint density at radius 1 is 1.33 bits per heavy atom. The van der Waals surface area contributed by atoms with Crippen LogP contribution < -0.4 is 11.5 Å². The Morgan fingerprint density at radius 2 is 1.95 bits per heavy atom. The van der Waals surface area contributed by atoms with Gasteiger partial charge in [-0.3, -0.25) is 4.79 Å². The molecule has 0 aliphatic heterocycles. The van der Waals surface area contributed by atoms with Gasteiger partial charge < -0.3 is 11.5 Å². The Morgan fingerprint density at radius 3 is 2.48 bits per heavy atom. The molecular weight excluding hydrogens is 290 g/mol. The molecule has 1 aliphatic carbocycles. The van der Waals surface area contributed by atoms with Gasteiger partial charge in [-0.15, -0.1) is 0 Å². The molecule has 1 fully saturated rings. The van der Waals surface area contributed by atoms with Crippen molar-refractivity contribution < 1.29 is 13.2 Å². The number of hydrogen-bond acceptors (Lipinski definition) is 4. The number of aryl methyl sites for hydroxylation is 1. The standard InChI is InChI=1S/C14H21N3O3S/c1-10-6-7-12(8-13(10)15)21(19,20)17(9-14(16)18)11-4-2-3-5-11/h6-8,11H,2-5,9,15H2,1H3,(H2,16,18). The Bertz CT molecular complexity index is 637. The second-order valence-corrected chi connectivity index (χ2v) is 7.36. The number of anilines is 1. The van der Waals surface area contributed by atoms with E-state index in [4.69, 9.17) is 11.5 Å². The first kappa shape index (κ1) is 15.8. The molecule has 21 heavy (non-hydrogen) atoms. The number of nitrogens with zero attached hydrogens (tertiary/aromatic N) is 1. The van der Waals surface area contributed by atoms with E-state index in [-0.39, 0.29) is 17.5 Å². The highest BCUT2D eigenvalue weighted by molar-refractivity contribution is 7.89. The van der Waals surface area contributed by atoms with Crippen molar-refractivity contribution >= 4 is 21.6 Å². The lowest BCUT2D eigenvalue weighted by atomic mass is 10.2. The molecule has 1 amide bonds. The highest BCUT2D eigenvalue weighted by Gasteiger charge is 2.34. The fourth-order valence-corrected chi connectivity index (χ4v) is 4.36. The van der Waals surface area contributed by atoms with Crippen LogP contribution in [0.3, 0.4) is 0 Å². The molecule has 0 bridgehead atoms. The van der Waals surface area contributed by atoms with Gasteiger partial charge in [0.25, 0.3) is 0 Å². The summed E-state index contributed by atoms with van der Waals surface area (Å²) < 4.78 is 26.8. The van der Waals surface area contributed by atoms with E-state index in [0.717, 1.165) is 31.2 Å². The summed E-state index contributed by atoms with van der Waals surface area (Å²) in [6.45, 7) is 1.52. The second-order valence-electron chi connectivity index (χ2n) is 5.47. The van der Waals surface area contributed by atoms with E-state index in [1.165, 1.54) is 16.4 Å². The summed E-state index contributed by atoms with van der Waals surface area (Å²) in [7, 11) is -3.77. The lowest BCUT2D eigenvalue weighted by Crippen LogP contribution is -2.44. The third-order valence-corrected chi connectivity index (χ3v) is 5.80. The number of benzene rings is 1. The minimum Gasteiger partial charge on any atom is -0.398 e. The predicted octanol–water partition coefficient (Wildman–Crippen LogP) is 0.996. The monoisotopic (exact) mass is 311 g/mol. The number of nitrogens with two attached hydrogens (primary N) is 2. The number of carbonyl (C=O) groups is 1. The highest BCUT2D eigenvalue weighted by Crippen LogP contribution is 2.29. The third kappa shape index (κ3) is 3.36. The summed E-state index contributed by atoms with van der Waals surface area (Å²) in [4.78, 5) is 11.4. The van der Waals surface area contributed by atoms with Gasteiger partial charge in [-0.05, 0) is 37.5 Å². The van der Waals surface area contributed by atoms with E-state index in [1.54, 1.807) is 6.07 Å². The lowest BCUT2D eigenvalue weighted by Gasteiger charge is -2.27. The molecule has 6 nitrogen and oxygen atoms in total. The summed E-state index contributed by atoms with van der Waals surface area (Å²) in [5, 5.41) is 0. The van der Waals surface area contributed by atoms with Crippen LogP contribution in [0.15, 0.2) is 23.1 Å². The molecule has 7 heteroatoms. The number of sulfonamides is 1. The largest absolute Gasteiger partial charge is 0.398 e. The fourth-order valence-electron chi connectivity index (χ4n) is 2.67. The van der Waals surface area contributed by atoms with Crippen molar-refractivity contribution in [3.05, 3.63) is 23.8 Å². The zero-order valence-electron chi connectivity index (χ0n) is 12.1. The summed E-state index contributed by atoms with van der Waals surface area (Å²) >= 11 is 0. The van der Waals surface area contributed by atoms with Gasteiger partial charge in [0.05, 0.1) is 11.4 Å². The Labute approximate surface area is 125 Å². The van der Waals surface area contributed by atoms with Crippen molar-refractivity contribution in [3.63, 3.8) is 0 Å². The second kappa shape index (κ2) is 6.03. The predicted molar refractivity (Wildman–Crippen MR) is 80.9 cm³/mol. The number of hydrogen-bond donors (Lipinski definition) is 2. The first-order valence-corrected chi connectivity index (χ1v) is 8.42. The van der Waals surface area contributed by atoms with Crippen LogP contribution in [-0.2, 0) is 14.8 Å². The third-order valence-electron chi connectivity index (χ3n) is 3.90. The van der Waals surface area contributed by atoms with Crippen molar-refractivity contribution in [1.82, 2.24) is 4.31 Å². The average Bonchev–Trinajstić information content (AvgIpc) is 2.92.